The lowest BCUT2D eigenvalue weighted by molar-refractivity contribution is 0.179. The Morgan fingerprint density at radius 1 is 1.40 bits per heavy atom. The minimum absolute atomic E-state index is 0. The summed E-state index contributed by atoms with van der Waals surface area (Å²) in [6, 6.07) is 0. The molecular formula is C7H18BrNO. The monoisotopic (exact) mass is 211 g/mol. The zero-order valence-electron chi connectivity index (χ0n) is 7.14. The molecule has 0 fully saturated rings. The van der Waals surface area contributed by atoms with Gasteiger partial charge in [0.05, 0.1) is 6.10 Å². The average Bonchev–Trinajstić information content (AvgIpc) is 1.59. The molecule has 2 nitrogen and oxygen atoms in total. The lowest BCUT2D eigenvalue weighted by atomic mass is 10.1. The van der Waals surface area contributed by atoms with E-state index in [2.05, 4.69) is 26.1 Å². The summed E-state index contributed by atoms with van der Waals surface area (Å²) in [5.41, 5.74) is 0.122. The summed E-state index contributed by atoms with van der Waals surface area (Å²) in [7, 11) is 0. The van der Waals surface area contributed by atoms with E-state index in [0.29, 0.717) is 6.54 Å². The van der Waals surface area contributed by atoms with E-state index in [4.69, 9.17) is 5.11 Å². The summed E-state index contributed by atoms with van der Waals surface area (Å²) in [5, 5.41) is 12.0. The molecule has 0 aliphatic heterocycles. The maximum atomic E-state index is 8.85. The van der Waals surface area contributed by atoms with Gasteiger partial charge in [-0.3, -0.25) is 0 Å². The van der Waals surface area contributed by atoms with Gasteiger partial charge < -0.3 is 10.4 Å². The SMILES string of the molecule is Br.CC(O)CNC(C)(C)C. The molecule has 64 valence electrons. The minimum Gasteiger partial charge on any atom is -0.392 e. The molecule has 0 aliphatic rings. The molecule has 0 saturated heterocycles. The van der Waals surface area contributed by atoms with E-state index in [1.54, 1.807) is 6.92 Å². The highest BCUT2D eigenvalue weighted by molar-refractivity contribution is 8.93. The number of β-amino-alcohol motifs (C(OH)–C–C–N with tert-alkyl or cyclic N) is 1. The van der Waals surface area contributed by atoms with Crippen LogP contribution in [0.4, 0.5) is 0 Å². The lowest BCUT2D eigenvalue weighted by Gasteiger charge is -2.21. The van der Waals surface area contributed by atoms with Crippen LogP contribution >= 0.6 is 17.0 Å². The molecule has 0 bridgehead atoms. The number of hydrogen-bond acceptors (Lipinski definition) is 2. The number of rotatable bonds is 2. The maximum Gasteiger partial charge on any atom is 0.0636 e. The van der Waals surface area contributed by atoms with E-state index in [9.17, 15) is 0 Å². The third kappa shape index (κ3) is 11.2. The zero-order chi connectivity index (χ0) is 7.49. The van der Waals surface area contributed by atoms with E-state index in [0.717, 1.165) is 0 Å². The van der Waals surface area contributed by atoms with Crippen molar-refractivity contribution >= 4 is 17.0 Å². The van der Waals surface area contributed by atoms with Gasteiger partial charge in [-0.25, -0.2) is 0 Å². The first-order chi connectivity index (χ1) is 3.92. The van der Waals surface area contributed by atoms with E-state index in [1.807, 2.05) is 0 Å². The number of aliphatic hydroxyl groups is 1. The van der Waals surface area contributed by atoms with Crippen molar-refractivity contribution in [2.45, 2.75) is 39.3 Å². The third-order valence-corrected chi connectivity index (χ3v) is 0.928. The Morgan fingerprint density at radius 2 is 1.80 bits per heavy atom. The summed E-state index contributed by atoms with van der Waals surface area (Å²) in [4.78, 5) is 0. The fraction of sp³-hybridized carbons (Fsp3) is 1.00. The van der Waals surface area contributed by atoms with Gasteiger partial charge in [-0.05, 0) is 27.7 Å². The Bertz CT molecular complexity index is 78.2. The lowest BCUT2D eigenvalue weighted by Crippen LogP contribution is -2.39. The van der Waals surface area contributed by atoms with Gasteiger partial charge in [-0.1, -0.05) is 0 Å². The zero-order valence-corrected chi connectivity index (χ0v) is 8.85. The van der Waals surface area contributed by atoms with Crippen LogP contribution in [0.15, 0.2) is 0 Å². The predicted molar refractivity (Wildman–Crippen MR) is 49.8 cm³/mol. The summed E-state index contributed by atoms with van der Waals surface area (Å²) in [6.45, 7) is 8.68. The van der Waals surface area contributed by atoms with Crippen LogP contribution in [-0.4, -0.2) is 23.3 Å². The van der Waals surface area contributed by atoms with Crippen molar-refractivity contribution in [1.29, 1.82) is 0 Å². The molecule has 0 spiro atoms. The van der Waals surface area contributed by atoms with Gasteiger partial charge in [0.2, 0.25) is 0 Å². The van der Waals surface area contributed by atoms with Gasteiger partial charge in [0.1, 0.15) is 0 Å². The molecule has 1 atom stereocenters. The van der Waals surface area contributed by atoms with Crippen molar-refractivity contribution in [3.63, 3.8) is 0 Å². The number of nitrogens with one attached hydrogen (secondary N) is 1. The van der Waals surface area contributed by atoms with Crippen LogP contribution in [0.2, 0.25) is 0 Å². The van der Waals surface area contributed by atoms with Crippen molar-refractivity contribution < 1.29 is 5.11 Å². The Balaban J connectivity index is 0. The fourth-order valence-corrected chi connectivity index (χ4v) is 0.454. The van der Waals surface area contributed by atoms with Crippen LogP contribution in [0.1, 0.15) is 27.7 Å². The quantitative estimate of drug-likeness (QED) is 0.723. The van der Waals surface area contributed by atoms with Crippen LogP contribution in [0.5, 0.6) is 0 Å². The predicted octanol–water partition coefficient (Wildman–Crippen LogP) is 1.33. The number of hydrogen-bond donors (Lipinski definition) is 2. The fourth-order valence-electron chi connectivity index (χ4n) is 0.454. The summed E-state index contributed by atoms with van der Waals surface area (Å²) in [5.74, 6) is 0. The molecule has 10 heavy (non-hydrogen) atoms. The normalized spacial score (nSPS) is 14.1. The minimum atomic E-state index is -0.246. The summed E-state index contributed by atoms with van der Waals surface area (Å²) >= 11 is 0. The van der Waals surface area contributed by atoms with Crippen molar-refractivity contribution in [2.75, 3.05) is 6.54 Å². The summed E-state index contributed by atoms with van der Waals surface area (Å²) < 4.78 is 0. The van der Waals surface area contributed by atoms with Crippen molar-refractivity contribution in [3.05, 3.63) is 0 Å². The molecule has 2 N–H and O–H groups in total. The molecule has 0 rings (SSSR count). The molecule has 0 radical (unpaired) electrons. The van der Waals surface area contributed by atoms with E-state index in [1.165, 1.54) is 0 Å². The van der Waals surface area contributed by atoms with Crippen LogP contribution in [0, 0.1) is 0 Å². The number of aliphatic hydroxyl groups excluding tert-OH is 1. The second-order valence-corrected chi connectivity index (χ2v) is 3.48. The van der Waals surface area contributed by atoms with Crippen molar-refractivity contribution in [1.82, 2.24) is 5.32 Å². The Hall–Kier alpha value is 0.400. The van der Waals surface area contributed by atoms with E-state index in [-0.39, 0.29) is 28.6 Å². The van der Waals surface area contributed by atoms with Gasteiger partial charge in [0.15, 0.2) is 0 Å². The smallest absolute Gasteiger partial charge is 0.0636 e. The van der Waals surface area contributed by atoms with Crippen molar-refractivity contribution in [2.24, 2.45) is 0 Å². The van der Waals surface area contributed by atoms with Gasteiger partial charge >= 0.3 is 0 Å². The molecule has 0 saturated carbocycles. The van der Waals surface area contributed by atoms with Crippen LogP contribution in [-0.2, 0) is 0 Å². The van der Waals surface area contributed by atoms with Gasteiger partial charge in [0.25, 0.3) is 0 Å². The molecule has 0 aromatic carbocycles. The molecule has 0 aromatic heterocycles. The topological polar surface area (TPSA) is 32.3 Å². The maximum absolute atomic E-state index is 8.85. The molecule has 3 heteroatoms. The van der Waals surface area contributed by atoms with Gasteiger partial charge in [-0.15, -0.1) is 17.0 Å². The number of halogens is 1. The average molecular weight is 212 g/mol. The van der Waals surface area contributed by atoms with Crippen LogP contribution in [0.3, 0.4) is 0 Å². The molecule has 0 aliphatic carbocycles. The molecular weight excluding hydrogens is 194 g/mol. The Labute approximate surface area is 73.8 Å². The van der Waals surface area contributed by atoms with E-state index < -0.39 is 0 Å². The highest BCUT2D eigenvalue weighted by Gasteiger charge is 2.08. The first-order valence-electron chi connectivity index (χ1n) is 3.35. The van der Waals surface area contributed by atoms with Crippen molar-refractivity contribution in [3.8, 4) is 0 Å². The van der Waals surface area contributed by atoms with E-state index >= 15 is 0 Å². The molecule has 0 heterocycles. The van der Waals surface area contributed by atoms with Gasteiger partial charge in [-0.2, -0.15) is 0 Å². The molecule has 0 aromatic rings. The van der Waals surface area contributed by atoms with Gasteiger partial charge in [0, 0.05) is 12.1 Å². The van der Waals surface area contributed by atoms with Crippen LogP contribution in [0.25, 0.3) is 0 Å². The largest absolute Gasteiger partial charge is 0.392 e. The second kappa shape index (κ2) is 5.10. The highest BCUT2D eigenvalue weighted by Crippen LogP contribution is 1.97. The second-order valence-electron chi connectivity index (χ2n) is 3.48. The molecule has 0 amide bonds. The standard InChI is InChI=1S/C7H17NO.BrH/c1-6(9)5-8-7(2,3)4;/h6,8-9H,5H2,1-4H3;1H. The van der Waals surface area contributed by atoms with Crippen LogP contribution < -0.4 is 5.32 Å². The Morgan fingerprint density at radius 3 is 1.90 bits per heavy atom. The summed E-state index contributed by atoms with van der Waals surface area (Å²) in [6.07, 6.45) is -0.246. The third-order valence-electron chi connectivity index (χ3n) is 0.928. The Kier molecular flexibility index (Phi) is 6.65. The highest BCUT2D eigenvalue weighted by atomic mass is 79.9. The first-order valence-corrected chi connectivity index (χ1v) is 3.35. The first kappa shape index (κ1) is 13.0. The molecule has 1 unspecified atom stereocenters.